The lowest BCUT2D eigenvalue weighted by atomic mass is 10.0. The maximum absolute atomic E-state index is 12.5. The normalized spacial score (nSPS) is 11.9. The molecular formula is C15H22N2OS. The summed E-state index contributed by atoms with van der Waals surface area (Å²) in [6.07, 6.45) is 2.45. The number of thiocarbonyl (C=S) groups is 1. The third-order valence-corrected chi connectivity index (χ3v) is 3.26. The van der Waals surface area contributed by atoms with Gasteiger partial charge in [-0.1, -0.05) is 50.7 Å². The second kappa shape index (κ2) is 7.89. The fraction of sp³-hybridized carbons (Fsp3) is 0.467. The molecule has 0 saturated heterocycles. The van der Waals surface area contributed by atoms with E-state index in [0.717, 1.165) is 18.5 Å². The van der Waals surface area contributed by atoms with E-state index in [1.165, 1.54) is 0 Å². The highest BCUT2D eigenvalue weighted by molar-refractivity contribution is 7.80. The van der Waals surface area contributed by atoms with Crippen LogP contribution in [0.4, 0.5) is 5.69 Å². The summed E-state index contributed by atoms with van der Waals surface area (Å²) in [5.41, 5.74) is 6.46. The highest BCUT2D eigenvalue weighted by atomic mass is 32.1. The molecule has 1 unspecified atom stereocenters. The first-order chi connectivity index (χ1) is 9.06. The van der Waals surface area contributed by atoms with E-state index >= 15 is 0 Å². The van der Waals surface area contributed by atoms with E-state index in [9.17, 15) is 4.79 Å². The van der Waals surface area contributed by atoms with Crippen LogP contribution in [0.5, 0.6) is 0 Å². The predicted octanol–water partition coefficient (Wildman–Crippen LogP) is 3.13. The lowest BCUT2D eigenvalue weighted by Gasteiger charge is -2.25. The van der Waals surface area contributed by atoms with Gasteiger partial charge in [-0.15, -0.1) is 0 Å². The number of rotatable bonds is 7. The third-order valence-electron chi connectivity index (χ3n) is 3.06. The van der Waals surface area contributed by atoms with Crippen LogP contribution in [0.15, 0.2) is 30.3 Å². The number of benzene rings is 1. The van der Waals surface area contributed by atoms with E-state index in [1.807, 2.05) is 37.3 Å². The van der Waals surface area contributed by atoms with Crippen LogP contribution in [0, 0.1) is 5.92 Å². The molecule has 2 N–H and O–H groups in total. The summed E-state index contributed by atoms with van der Waals surface area (Å²) < 4.78 is 0. The van der Waals surface area contributed by atoms with Gasteiger partial charge < -0.3 is 10.6 Å². The average molecular weight is 278 g/mol. The molecular weight excluding hydrogens is 256 g/mol. The molecule has 19 heavy (non-hydrogen) atoms. The summed E-state index contributed by atoms with van der Waals surface area (Å²) in [6.45, 7) is 4.61. The Labute approximate surface area is 120 Å². The zero-order valence-corrected chi connectivity index (χ0v) is 12.5. The van der Waals surface area contributed by atoms with Crippen molar-refractivity contribution in [2.45, 2.75) is 33.1 Å². The Morgan fingerprint density at radius 1 is 1.37 bits per heavy atom. The van der Waals surface area contributed by atoms with Crippen LogP contribution >= 0.6 is 12.2 Å². The van der Waals surface area contributed by atoms with E-state index in [4.69, 9.17) is 18.0 Å². The molecule has 1 atom stereocenters. The molecule has 1 rings (SSSR count). The molecule has 4 heteroatoms. The van der Waals surface area contributed by atoms with Gasteiger partial charge in [0.05, 0.1) is 4.99 Å². The first-order valence-electron chi connectivity index (χ1n) is 6.71. The van der Waals surface area contributed by atoms with Crippen LogP contribution < -0.4 is 10.6 Å². The quantitative estimate of drug-likeness (QED) is 0.779. The molecule has 0 aliphatic heterocycles. The van der Waals surface area contributed by atoms with Crippen molar-refractivity contribution in [3.8, 4) is 0 Å². The Balaban J connectivity index is 2.86. The van der Waals surface area contributed by atoms with Crippen LogP contribution in [-0.4, -0.2) is 17.4 Å². The molecule has 0 aromatic heterocycles. The van der Waals surface area contributed by atoms with E-state index in [1.54, 1.807) is 4.90 Å². The van der Waals surface area contributed by atoms with Crippen molar-refractivity contribution in [1.29, 1.82) is 0 Å². The smallest absolute Gasteiger partial charge is 0.229 e. The number of hydrogen-bond donors (Lipinski definition) is 1. The maximum atomic E-state index is 12.5. The van der Waals surface area contributed by atoms with Crippen LogP contribution in [0.25, 0.3) is 0 Å². The Hall–Kier alpha value is -1.42. The zero-order valence-electron chi connectivity index (χ0n) is 11.6. The molecule has 0 heterocycles. The summed E-state index contributed by atoms with van der Waals surface area (Å²) in [5.74, 6) is 0.167. The molecule has 0 saturated carbocycles. The average Bonchev–Trinajstić information content (AvgIpc) is 2.40. The van der Waals surface area contributed by atoms with Crippen LogP contribution in [-0.2, 0) is 4.79 Å². The van der Waals surface area contributed by atoms with Gasteiger partial charge in [0.25, 0.3) is 0 Å². The van der Waals surface area contributed by atoms with Crippen molar-refractivity contribution in [2.75, 3.05) is 11.4 Å². The molecule has 0 bridgehead atoms. The van der Waals surface area contributed by atoms with Crippen molar-refractivity contribution in [2.24, 2.45) is 11.7 Å². The number of carbonyl (C=O) groups is 1. The fourth-order valence-corrected chi connectivity index (χ4v) is 2.11. The van der Waals surface area contributed by atoms with Crippen molar-refractivity contribution < 1.29 is 4.79 Å². The highest BCUT2D eigenvalue weighted by Gasteiger charge is 2.21. The third kappa shape index (κ3) is 4.99. The number of carbonyl (C=O) groups excluding carboxylic acids is 1. The minimum atomic E-state index is 0.0246. The Morgan fingerprint density at radius 2 is 2.00 bits per heavy atom. The minimum absolute atomic E-state index is 0.0246. The number of nitrogens with two attached hydrogens (primary N) is 1. The number of hydrogen-bond acceptors (Lipinski definition) is 2. The predicted molar refractivity (Wildman–Crippen MR) is 84.3 cm³/mol. The van der Waals surface area contributed by atoms with Gasteiger partial charge in [0, 0.05) is 24.6 Å². The van der Waals surface area contributed by atoms with Crippen LogP contribution in [0.2, 0.25) is 0 Å². The molecule has 0 aliphatic rings. The van der Waals surface area contributed by atoms with E-state index < -0.39 is 0 Å². The topological polar surface area (TPSA) is 46.3 Å². The van der Waals surface area contributed by atoms with Gasteiger partial charge in [-0.3, -0.25) is 4.79 Å². The van der Waals surface area contributed by atoms with Crippen molar-refractivity contribution in [1.82, 2.24) is 0 Å². The first kappa shape index (κ1) is 15.6. The van der Waals surface area contributed by atoms with Gasteiger partial charge in [-0.05, 0) is 18.6 Å². The second-order valence-electron chi connectivity index (χ2n) is 4.73. The summed E-state index contributed by atoms with van der Waals surface area (Å²) in [6, 6.07) is 9.68. The van der Waals surface area contributed by atoms with Crippen LogP contribution in [0.1, 0.15) is 33.1 Å². The number of para-hydroxylation sites is 1. The summed E-state index contributed by atoms with van der Waals surface area (Å²) in [7, 11) is 0. The molecule has 3 nitrogen and oxygen atoms in total. The molecule has 0 spiro atoms. The first-order valence-corrected chi connectivity index (χ1v) is 7.11. The molecule has 0 radical (unpaired) electrons. The summed E-state index contributed by atoms with van der Waals surface area (Å²) >= 11 is 4.91. The number of amides is 1. The maximum Gasteiger partial charge on any atom is 0.229 e. The molecule has 1 aromatic carbocycles. The highest BCUT2D eigenvalue weighted by Crippen LogP contribution is 2.19. The van der Waals surface area contributed by atoms with E-state index in [2.05, 4.69) is 6.92 Å². The molecule has 1 aromatic rings. The molecule has 0 aliphatic carbocycles. The number of anilines is 1. The summed E-state index contributed by atoms with van der Waals surface area (Å²) in [4.78, 5) is 14.7. The molecule has 104 valence electrons. The Morgan fingerprint density at radius 3 is 2.53 bits per heavy atom. The second-order valence-corrected chi connectivity index (χ2v) is 5.26. The SMILES string of the molecule is CCCC(C)C(=O)N(CCC(N)=S)c1ccccc1. The van der Waals surface area contributed by atoms with E-state index in [-0.39, 0.29) is 11.8 Å². The van der Waals surface area contributed by atoms with E-state index in [0.29, 0.717) is 18.0 Å². The van der Waals surface area contributed by atoms with Gasteiger partial charge in [-0.25, -0.2) is 0 Å². The Kier molecular flexibility index (Phi) is 6.50. The van der Waals surface area contributed by atoms with Gasteiger partial charge in [0.15, 0.2) is 0 Å². The van der Waals surface area contributed by atoms with Crippen molar-refractivity contribution in [3.05, 3.63) is 30.3 Å². The molecule has 0 fully saturated rings. The monoisotopic (exact) mass is 278 g/mol. The van der Waals surface area contributed by atoms with Gasteiger partial charge in [0.1, 0.15) is 0 Å². The number of nitrogens with zero attached hydrogens (tertiary/aromatic N) is 1. The standard InChI is InChI=1S/C15H22N2OS/c1-3-7-12(2)15(18)17(11-10-14(16)19)13-8-5-4-6-9-13/h4-6,8-9,12H,3,7,10-11H2,1-2H3,(H2,16,19). The summed E-state index contributed by atoms with van der Waals surface area (Å²) in [5, 5.41) is 0. The van der Waals surface area contributed by atoms with Gasteiger partial charge >= 0.3 is 0 Å². The minimum Gasteiger partial charge on any atom is -0.393 e. The zero-order chi connectivity index (χ0) is 14.3. The lowest BCUT2D eigenvalue weighted by molar-refractivity contribution is -0.122. The largest absolute Gasteiger partial charge is 0.393 e. The van der Waals surface area contributed by atoms with Crippen molar-refractivity contribution >= 4 is 28.8 Å². The molecule has 1 amide bonds. The fourth-order valence-electron chi connectivity index (χ4n) is 2.02. The van der Waals surface area contributed by atoms with Crippen molar-refractivity contribution in [3.63, 3.8) is 0 Å². The Bertz CT molecular complexity index is 419. The van der Waals surface area contributed by atoms with Crippen LogP contribution in [0.3, 0.4) is 0 Å². The lowest BCUT2D eigenvalue weighted by Crippen LogP contribution is -2.37. The van der Waals surface area contributed by atoms with Gasteiger partial charge in [0.2, 0.25) is 5.91 Å². The van der Waals surface area contributed by atoms with Gasteiger partial charge in [-0.2, -0.15) is 0 Å².